The number of guanidine groups is 1. The number of nitrogens with zero attached hydrogens (tertiary/aromatic N) is 3. The minimum atomic E-state index is 0.569. The van der Waals surface area contributed by atoms with Crippen LogP contribution in [-0.2, 0) is 0 Å². The molecular weight excluding hydrogens is 262 g/mol. The SMILES string of the molecule is CN(C)C(=NCCOc1cccc2ccccc12)N(C)C. The van der Waals surface area contributed by atoms with Crippen LogP contribution < -0.4 is 4.74 Å². The van der Waals surface area contributed by atoms with Gasteiger partial charge in [-0.2, -0.15) is 0 Å². The lowest BCUT2D eigenvalue weighted by Crippen LogP contribution is -2.35. The highest BCUT2D eigenvalue weighted by atomic mass is 16.5. The second kappa shape index (κ2) is 6.97. The van der Waals surface area contributed by atoms with Crippen molar-refractivity contribution in [3.05, 3.63) is 42.5 Å². The van der Waals surface area contributed by atoms with E-state index in [0.29, 0.717) is 13.2 Å². The average Bonchev–Trinajstić information content (AvgIpc) is 2.46. The minimum Gasteiger partial charge on any atom is -0.491 e. The Kier molecular flexibility index (Phi) is 5.04. The number of hydrogen-bond donors (Lipinski definition) is 0. The fraction of sp³-hybridized carbons (Fsp3) is 0.353. The van der Waals surface area contributed by atoms with Gasteiger partial charge in [0.1, 0.15) is 12.4 Å². The van der Waals surface area contributed by atoms with Crippen LogP contribution in [0.4, 0.5) is 0 Å². The normalized spacial score (nSPS) is 10.3. The molecule has 21 heavy (non-hydrogen) atoms. The summed E-state index contributed by atoms with van der Waals surface area (Å²) in [4.78, 5) is 8.56. The fourth-order valence-corrected chi connectivity index (χ4v) is 2.31. The summed E-state index contributed by atoms with van der Waals surface area (Å²) in [5, 5.41) is 2.34. The molecule has 0 aliphatic rings. The smallest absolute Gasteiger partial charge is 0.195 e. The topological polar surface area (TPSA) is 28.1 Å². The van der Waals surface area contributed by atoms with E-state index in [1.54, 1.807) is 0 Å². The zero-order valence-corrected chi connectivity index (χ0v) is 13.2. The predicted molar refractivity (Wildman–Crippen MR) is 89.1 cm³/mol. The standard InChI is InChI=1S/C17H23N3O/c1-19(2)17(20(3)4)18-12-13-21-16-11-7-9-14-8-5-6-10-15(14)16/h5-11H,12-13H2,1-4H3. The zero-order chi connectivity index (χ0) is 15.2. The van der Waals surface area contributed by atoms with Crippen LogP contribution in [0.3, 0.4) is 0 Å². The Balaban J connectivity index is 2.01. The van der Waals surface area contributed by atoms with E-state index < -0.39 is 0 Å². The lowest BCUT2D eigenvalue weighted by molar-refractivity contribution is 0.330. The molecule has 0 heterocycles. The minimum absolute atomic E-state index is 0.569. The van der Waals surface area contributed by atoms with Crippen LogP contribution in [-0.4, -0.2) is 57.1 Å². The van der Waals surface area contributed by atoms with Crippen molar-refractivity contribution >= 4 is 16.7 Å². The van der Waals surface area contributed by atoms with Crippen LogP contribution in [0.1, 0.15) is 0 Å². The molecule has 2 aromatic rings. The molecule has 0 spiro atoms. The molecule has 0 saturated heterocycles. The Morgan fingerprint density at radius 1 is 0.952 bits per heavy atom. The van der Waals surface area contributed by atoms with Crippen LogP contribution in [0.2, 0.25) is 0 Å². The van der Waals surface area contributed by atoms with Gasteiger partial charge in [0, 0.05) is 33.6 Å². The molecule has 0 N–H and O–H groups in total. The summed E-state index contributed by atoms with van der Waals surface area (Å²) in [7, 11) is 7.96. The Hall–Kier alpha value is -2.23. The van der Waals surface area contributed by atoms with E-state index in [0.717, 1.165) is 17.1 Å². The molecule has 0 aliphatic heterocycles. The van der Waals surface area contributed by atoms with Crippen molar-refractivity contribution in [2.45, 2.75) is 0 Å². The molecule has 4 nitrogen and oxygen atoms in total. The summed E-state index contributed by atoms with van der Waals surface area (Å²) < 4.78 is 5.89. The first kappa shape index (κ1) is 15.2. The van der Waals surface area contributed by atoms with Gasteiger partial charge in [0.25, 0.3) is 0 Å². The number of benzene rings is 2. The van der Waals surface area contributed by atoms with Gasteiger partial charge in [-0.3, -0.25) is 0 Å². The molecule has 0 atom stereocenters. The third kappa shape index (κ3) is 3.88. The molecule has 0 unspecified atom stereocenters. The van der Waals surface area contributed by atoms with Crippen molar-refractivity contribution in [3.63, 3.8) is 0 Å². The van der Waals surface area contributed by atoms with Crippen molar-refractivity contribution in [1.82, 2.24) is 9.80 Å². The molecule has 0 radical (unpaired) electrons. The van der Waals surface area contributed by atoms with Crippen LogP contribution in [0.25, 0.3) is 10.8 Å². The van der Waals surface area contributed by atoms with Crippen LogP contribution in [0, 0.1) is 0 Å². The lowest BCUT2D eigenvalue weighted by atomic mass is 10.1. The molecule has 0 fully saturated rings. The van der Waals surface area contributed by atoms with Gasteiger partial charge in [-0.05, 0) is 11.5 Å². The van der Waals surface area contributed by atoms with Gasteiger partial charge >= 0.3 is 0 Å². The Morgan fingerprint density at radius 3 is 2.33 bits per heavy atom. The fourth-order valence-electron chi connectivity index (χ4n) is 2.31. The first-order valence-electron chi connectivity index (χ1n) is 7.09. The largest absolute Gasteiger partial charge is 0.491 e. The second-order valence-electron chi connectivity index (χ2n) is 5.30. The number of fused-ring (bicyclic) bond motifs is 1. The highest BCUT2D eigenvalue weighted by Crippen LogP contribution is 2.24. The summed E-state index contributed by atoms with van der Waals surface area (Å²) in [6.45, 7) is 1.20. The first-order valence-corrected chi connectivity index (χ1v) is 7.09. The van der Waals surface area contributed by atoms with E-state index in [1.165, 1.54) is 5.39 Å². The highest BCUT2D eigenvalue weighted by molar-refractivity contribution is 5.88. The quantitative estimate of drug-likeness (QED) is 0.491. The van der Waals surface area contributed by atoms with Crippen molar-refractivity contribution in [1.29, 1.82) is 0 Å². The van der Waals surface area contributed by atoms with E-state index in [4.69, 9.17) is 4.74 Å². The molecule has 0 amide bonds. The van der Waals surface area contributed by atoms with Crippen molar-refractivity contribution < 1.29 is 4.74 Å². The summed E-state index contributed by atoms with van der Waals surface area (Å²) in [6, 6.07) is 14.4. The van der Waals surface area contributed by atoms with Crippen LogP contribution >= 0.6 is 0 Å². The summed E-state index contributed by atoms with van der Waals surface area (Å²) >= 11 is 0. The van der Waals surface area contributed by atoms with Gasteiger partial charge in [-0.1, -0.05) is 36.4 Å². The molecule has 2 aromatic carbocycles. The monoisotopic (exact) mass is 285 g/mol. The molecule has 0 aliphatic carbocycles. The van der Waals surface area contributed by atoms with Gasteiger partial charge in [-0.15, -0.1) is 0 Å². The van der Waals surface area contributed by atoms with Gasteiger partial charge in [0.2, 0.25) is 0 Å². The molecule has 0 aromatic heterocycles. The molecule has 2 rings (SSSR count). The average molecular weight is 285 g/mol. The van der Waals surface area contributed by atoms with Crippen LogP contribution in [0.5, 0.6) is 5.75 Å². The second-order valence-corrected chi connectivity index (χ2v) is 5.30. The zero-order valence-electron chi connectivity index (χ0n) is 13.2. The predicted octanol–water partition coefficient (Wildman–Crippen LogP) is 2.70. The van der Waals surface area contributed by atoms with E-state index in [2.05, 4.69) is 23.2 Å². The maximum absolute atomic E-state index is 5.89. The van der Waals surface area contributed by atoms with E-state index in [1.807, 2.05) is 62.3 Å². The Labute approximate surface area is 126 Å². The third-order valence-electron chi connectivity index (χ3n) is 3.15. The molecule has 4 heteroatoms. The summed E-state index contributed by atoms with van der Waals surface area (Å²) in [5.41, 5.74) is 0. The van der Waals surface area contributed by atoms with E-state index >= 15 is 0 Å². The lowest BCUT2D eigenvalue weighted by Gasteiger charge is -2.22. The number of hydrogen-bond acceptors (Lipinski definition) is 2. The van der Waals surface area contributed by atoms with Crippen molar-refractivity contribution in [3.8, 4) is 5.75 Å². The molecular formula is C17H23N3O. The third-order valence-corrected chi connectivity index (χ3v) is 3.15. The molecule has 112 valence electrons. The van der Waals surface area contributed by atoms with Crippen molar-refractivity contribution in [2.75, 3.05) is 41.3 Å². The van der Waals surface area contributed by atoms with Gasteiger partial charge in [-0.25, -0.2) is 4.99 Å². The van der Waals surface area contributed by atoms with E-state index in [9.17, 15) is 0 Å². The summed E-state index contributed by atoms with van der Waals surface area (Å²) in [6.07, 6.45) is 0. The Morgan fingerprint density at radius 2 is 1.62 bits per heavy atom. The Bertz CT molecular complexity index is 605. The number of rotatable bonds is 4. The number of aliphatic imine (C=N–C) groups is 1. The number of ether oxygens (including phenoxy) is 1. The first-order chi connectivity index (χ1) is 10.1. The highest BCUT2D eigenvalue weighted by Gasteiger charge is 2.04. The van der Waals surface area contributed by atoms with Crippen molar-refractivity contribution in [2.24, 2.45) is 4.99 Å². The van der Waals surface area contributed by atoms with E-state index in [-0.39, 0.29) is 0 Å². The maximum atomic E-state index is 5.89. The van der Waals surface area contributed by atoms with Gasteiger partial charge < -0.3 is 14.5 Å². The van der Waals surface area contributed by atoms with Crippen LogP contribution in [0.15, 0.2) is 47.5 Å². The maximum Gasteiger partial charge on any atom is 0.195 e. The summed E-state index contributed by atoms with van der Waals surface area (Å²) in [5.74, 6) is 1.86. The molecule has 0 bridgehead atoms. The van der Waals surface area contributed by atoms with Gasteiger partial charge in [0.15, 0.2) is 5.96 Å². The van der Waals surface area contributed by atoms with Gasteiger partial charge in [0.05, 0.1) is 6.54 Å². The molecule has 0 saturated carbocycles.